The molecule has 5 rings (SSSR count). The van der Waals surface area contributed by atoms with Crippen molar-refractivity contribution in [3.8, 4) is 5.69 Å². The van der Waals surface area contributed by atoms with E-state index in [0.717, 1.165) is 46.3 Å². The highest BCUT2D eigenvalue weighted by Gasteiger charge is 2.24. The van der Waals surface area contributed by atoms with Crippen molar-refractivity contribution in [1.82, 2.24) is 9.13 Å². The number of thiophene rings is 1. The lowest BCUT2D eigenvalue weighted by Gasteiger charge is -2.14. The normalized spacial score (nSPS) is 13.3. The molecule has 0 spiro atoms. The van der Waals surface area contributed by atoms with E-state index in [1.54, 1.807) is 28.8 Å². The van der Waals surface area contributed by atoms with Crippen LogP contribution < -0.4 is 11.2 Å². The van der Waals surface area contributed by atoms with E-state index in [2.05, 4.69) is 0 Å². The van der Waals surface area contributed by atoms with Gasteiger partial charge in [-0.05, 0) is 55.0 Å². The second-order valence-corrected chi connectivity index (χ2v) is 9.82. The van der Waals surface area contributed by atoms with Crippen LogP contribution in [0.2, 0.25) is 10.0 Å². The van der Waals surface area contributed by atoms with Crippen LogP contribution in [-0.2, 0) is 19.4 Å². The standard InChI is InChI=1S/C23H17Cl2N3O4S/c24-17-10-9-15(11-18(17)25)27-21(29)20-16-3-1-2-4-19(16)33-22(20)26(23(27)30)12-13-5-7-14(8-6-13)28(31)32/h5-11H,1-4,12H2. The van der Waals surface area contributed by atoms with Gasteiger partial charge in [-0.1, -0.05) is 35.3 Å². The van der Waals surface area contributed by atoms with Crippen LogP contribution in [-0.4, -0.2) is 14.1 Å². The van der Waals surface area contributed by atoms with Gasteiger partial charge in [-0.3, -0.25) is 19.5 Å². The summed E-state index contributed by atoms with van der Waals surface area (Å²) >= 11 is 13.7. The van der Waals surface area contributed by atoms with Crippen LogP contribution in [0.5, 0.6) is 0 Å². The molecule has 2 heterocycles. The van der Waals surface area contributed by atoms with Crippen molar-refractivity contribution in [2.45, 2.75) is 32.2 Å². The molecule has 0 atom stereocenters. The molecule has 10 heteroatoms. The van der Waals surface area contributed by atoms with Crippen molar-refractivity contribution < 1.29 is 4.92 Å². The summed E-state index contributed by atoms with van der Waals surface area (Å²) in [6, 6.07) is 10.7. The fourth-order valence-corrected chi connectivity index (χ4v) is 5.93. The number of hydrogen-bond acceptors (Lipinski definition) is 5. The molecule has 0 unspecified atom stereocenters. The lowest BCUT2D eigenvalue weighted by molar-refractivity contribution is -0.384. The Labute approximate surface area is 201 Å². The highest BCUT2D eigenvalue weighted by molar-refractivity contribution is 7.18. The molecule has 0 aliphatic heterocycles. The summed E-state index contributed by atoms with van der Waals surface area (Å²) < 4.78 is 2.71. The van der Waals surface area contributed by atoms with E-state index in [1.807, 2.05) is 0 Å². The Morgan fingerprint density at radius 2 is 1.73 bits per heavy atom. The molecule has 4 aromatic rings. The first kappa shape index (κ1) is 21.9. The third-order valence-corrected chi connectivity index (χ3v) is 7.94. The van der Waals surface area contributed by atoms with E-state index in [4.69, 9.17) is 23.2 Å². The number of nitrogens with zero attached hydrogens (tertiary/aromatic N) is 3. The van der Waals surface area contributed by atoms with Crippen molar-refractivity contribution >= 4 is 50.4 Å². The van der Waals surface area contributed by atoms with E-state index < -0.39 is 10.6 Å². The fourth-order valence-electron chi connectivity index (χ4n) is 4.27. The molecule has 0 radical (unpaired) electrons. The van der Waals surface area contributed by atoms with Crippen molar-refractivity contribution in [1.29, 1.82) is 0 Å². The van der Waals surface area contributed by atoms with Crippen LogP contribution >= 0.6 is 34.5 Å². The predicted molar refractivity (Wildman–Crippen MR) is 131 cm³/mol. The molecule has 0 N–H and O–H groups in total. The average molecular weight is 502 g/mol. The van der Waals surface area contributed by atoms with Crippen LogP contribution in [0.1, 0.15) is 28.8 Å². The lowest BCUT2D eigenvalue weighted by atomic mass is 9.97. The molecular formula is C23H17Cl2N3O4S. The number of aryl methyl sites for hydroxylation is 2. The minimum Gasteiger partial charge on any atom is -0.280 e. The van der Waals surface area contributed by atoms with Gasteiger partial charge in [-0.25, -0.2) is 9.36 Å². The van der Waals surface area contributed by atoms with Crippen LogP contribution in [0.4, 0.5) is 5.69 Å². The zero-order valence-electron chi connectivity index (χ0n) is 17.2. The van der Waals surface area contributed by atoms with Crippen LogP contribution in [0.15, 0.2) is 52.1 Å². The van der Waals surface area contributed by atoms with Gasteiger partial charge in [0, 0.05) is 17.0 Å². The molecular weight excluding hydrogens is 485 g/mol. The SMILES string of the molecule is O=c1c2c3c(sc2n(Cc2ccc([N+](=O)[O-])cc2)c(=O)n1-c1ccc(Cl)c(Cl)c1)CCCC3. The number of aromatic nitrogens is 2. The summed E-state index contributed by atoms with van der Waals surface area (Å²) in [6.07, 6.45) is 3.72. The lowest BCUT2D eigenvalue weighted by Crippen LogP contribution is -2.39. The summed E-state index contributed by atoms with van der Waals surface area (Å²) in [7, 11) is 0. The Morgan fingerprint density at radius 3 is 2.42 bits per heavy atom. The number of hydrogen-bond donors (Lipinski definition) is 0. The second-order valence-electron chi connectivity index (χ2n) is 7.92. The maximum absolute atomic E-state index is 13.6. The van der Waals surface area contributed by atoms with E-state index >= 15 is 0 Å². The number of nitro benzene ring substituents is 1. The van der Waals surface area contributed by atoms with Crippen LogP contribution in [0.25, 0.3) is 15.9 Å². The topological polar surface area (TPSA) is 87.1 Å². The molecule has 0 saturated heterocycles. The smallest absolute Gasteiger partial charge is 0.280 e. The van der Waals surface area contributed by atoms with Gasteiger partial charge in [-0.2, -0.15) is 0 Å². The average Bonchev–Trinajstić information content (AvgIpc) is 3.19. The minimum absolute atomic E-state index is 0.0244. The molecule has 168 valence electrons. The number of halogens is 2. The van der Waals surface area contributed by atoms with Crippen LogP contribution in [0, 0.1) is 10.1 Å². The Kier molecular flexibility index (Phi) is 5.60. The zero-order valence-corrected chi connectivity index (χ0v) is 19.5. The first-order valence-electron chi connectivity index (χ1n) is 10.3. The highest BCUT2D eigenvalue weighted by atomic mass is 35.5. The maximum atomic E-state index is 13.6. The first-order chi connectivity index (χ1) is 15.8. The van der Waals surface area contributed by atoms with Gasteiger partial charge in [0.05, 0.1) is 32.6 Å². The number of rotatable bonds is 4. The number of fused-ring (bicyclic) bond motifs is 3. The second kappa shape index (κ2) is 8.44. The van der Waals surface area contributed by atoms with Crippen molar-refractivity contribution in [2.24, 2.45) is 0 Å². The Morgan fingerprint density at radius 1 is 1.00 bits per heavy atom. The van der Waals surface area contributed by atoms with Gasteiger partial charge in [-0.15, -0.1) is 11.3 Å². The maximum Gasteiger partial charge on any atom is 0.337 e. The first-order valence-corrected chi connectivity index (χ1v) is 11.9. The fraction of sp³-hybridized carbons (Fsp3) is 0.217. The Balaban J connectivity index is 1.77. The summed E-state index contributed by atoms with van der Waals surface area (Å²) in [5.74, 6) is 0. The van der Waals surface area contributed by atoms with Gasteiger partial charge in [0.25, 0.3) is 11.2 Å². The van der Waals surface area contributed by atoms with E-state index in [0.29, 0.717) is 20.9 Å². The van der Waals surface area contributed by atoms with Gasteiger partial charge in [0.1, 0.15) is 4.83 Å². The van der Waals surface area contributed by atoms with Crippen molar-refractivity contribution in [2.75, 3.05) is 0 Å². The van der Waals surface area contributed by atoms with E-state index in [1.165, 1.54) is 29.5 Å². The molecule has 1 aliphatic rings. The summed E-state index contributed by atoms with van der Waals surface area (Å²) in [6.45, 7) is 0.175. The molecule has 2 aromatic heterocycles. The van der Waals surface area contributed by atoms with Gasteiger partial charge in [0.15, 0.2) is 0 Å². The summed E-state index contributed by atoms with van der Waals surface area (Å²) in [5.41, 5.74) is 1.18. The molecule has 0 bridgehead atoms. The predicted octanol–water partition coefficient (Wildman–Crippen LogP) is 5.36. The molecule has 0 saturated carbocycles. The largest absolute Gasteiger partial charge is 0.337 e. The van der Waals surface area contributed by atoms with E-state index in [9.17, 15) is 19.7 Å². The van der Waals surface area contributed by atoms with Gasteiger partial charge < -0.3 is 0 Å². The molecule has 7 nitrogen and oxygen atoms in total. The summed E-state index contributed by atoms with van der Waals surface area (Å²) in [4.78, 5) is 39.5. The zero-order chi connectivity index (χ0) is 23.3. The van der Waals surface area contributed by atoms with Crippen LogP contribution in [0.3, 0.4) is 0 Å². The molecule has 0 amide bonds. The molecule has 33 heavy (non-hydrogen) atoms. The third kappa shape index (κ3) is 3.78. The third-order valence-electron chi connectivity index (χ3n) is 5.89. The Hall–Kier alpha value is -2.94. The molecule has 2 aromatic carbocycles. The number of non-ortho nitro benzene ring substituents is 1. The van der Waals surface area contributed by atoms with Crippen molar-refractivity contribution in [3.05, 3.63) is 99.5 Å². The van der Waals surface area contributed by atoms with E-state index in [-0.39, 0.29) is 22.8 Å². The molecule has 1 aliphatic carbocycles. The Bertz CT molecular complexity index is 1540. The monoisotopic (exact) mass is 501 g/mol. The van der Waals surface area contributed by atoms with Gasteiger partial charge >= 0.3 is 5.69 Å². The van der Waals surface area contributed by atoms with Crippen molar-refractivity contribution in [3.63, 3.8) is 0 Å². The number of nitro groups is 1. The van der Waals surface area contributed by atoms with Gasteiger partial charge in [0.2, 0.25) is 0 Å². The highest BCUT2D eigenvalue weighted by Crippen LogP contribution is 2.35. The summed E-state index contributed by atoms with van der Waals surface area (Å²) in [5, 5.41) is 12.1. The minimum atomic E-state index is -0.497. The number of benzene rings is 2. The quantitative estimate of drug-likeness (QED) is 0.278. The molecule has 0 fully saturated rings.